The van der Waals surface area contributed by atoms with Crippen LogP contribution in [-0.2, 0) is 17.8 Å². The highest BCUT2D eigenvalue weighted by molar-refractivity contribution is 5.95. The zero-order valence-corrected chi connectivity index (χ0v) is 18.1. The number of rotatable bonds is 6. The quantitative estimate of drug-likeness (QED) is 0.559. The van der Waals surface area contributed by atoms with Gasteiger partial charge in [0.05, 0.1) is 23.7 Å². The number of H-pyrrole nitrogens is 1. The number of hydrogen-bond donors (Lipinski definition) is 2. The monoisotopic (exact) mass is 438 g/mol. The van der Waals surface area contributed by atoms with E-state index < -0.39 is 17.0 Å². The molecule has 3 aromatic rings. The SMILES string of the molecule is Cc1cc(C)n(C[C@H]2CCCO2)c(=O)c1C(=O)NCCn1c(=O)c(=O)[nH]c2ccccc21. The first-order valence-electron chi connectivity index (χ1n) is 10.7. The Balaban J connectivity index is 1.55. The Morgan fingerprint density at radius 3 is 2.69 bits per heavy atom. The Labute approximate surface area is 183 Å². The van der Waals surface area contributed by atoms with E-state index in [1.807, 2.05) is 13.0 Å². The van der Waals surface area contributed by atoms with Crippen molar-refractivity contribution in [2.24, 2.45) is 0 Å². The number of carbonyl (C=O) groups is 1. The van der Waals surface area contributed by atoms with Crippen LogP contribution in [0.3, 0.4) is 0 Å². The van der Waals surface area contributed by atoms with Crippen molar-refractivity contribution < 1.29 is 9.53 Å². The molecule has 1 aliphatic heterocycles. The van der Waals surface area contributed by atoms with Gasteiger partial charge in [0.2, 0.25) is 0 Å². The van der Waals surface area contributed by atoms with Gasteiger partial charge in [-0.1, -0.05) is 12.1 Å². The molecule has 0 bridgehead atoms. The van der Waals surface area contributed by atoms with Crippen LogP contribution in [0.2, 0.25) is 0 Å². The minimum atomic E-state index is -0.721. The van der Waals surface area contributed by atoms with Crippen LogP contribution in [0.5, 0.6) is 0 Å². The lowest BCUT2D eigenvalue weighted by Gasteiger charge is -2.17. The maximum Gasteiger partial charge on any atom is 0.316 e. The molecule has 9 nitrogen and oxygen atoms in total. The lowest BCUT2D eigenvalue weighted by atomic mass is 10.1. The molecule has 1 amide bonds. The molecule has 0 aliphatic carbocycles. The Morgan fingerprint density at radius 1 is 1.16 bits per heavy atom. The lowest BCUT2D eigenvalue weighted by molar-refractivity contribution is 0.0926. The van der Waals surface area contributed by atoms with Crippen molar-refractivity contribution in [2.75, 3.05) is 13.2 Å². The number of benzene rings is 1. The predicted octanol–water partition coefficient (Wildman–Crippen LogP) is 1.08. The molecule has 2 aromatic heterocycles. The van der Waals surface area contributed by atoms with Gasteiger partial charge < -0.3 is 24.2 Å². The van der Waals surface area contributed by atoms with Crippen LogP contribution in [0.25, 0.3) is 11.0 Å². The molecule has 1 fully saturated rings. The van der Waals surface area contributed by atoms with Crippen molar-refractivity contribution in [3.8, 4) is 0 Å². The Bertz CT molecular complexity index is 1350. The zero-order chi connectivity index (χ0) is 22.8. The maximum absolute atomic E-state index is 13.1. The third-order valence-electron chi connectivity index (χ3n) is 5.85. The average Bonchev–Trinajstić information content (AvgIpc) is 3.27. The summed E-state index contributed by atoms with van der Waals surface area (Å²) >= 11 is 0. The van der Waals surface area contributed by atoms with Gasteiger partial charge in [-0.05, 0) is 50.5 Å². The minimum Gasteiger partial charge on any atom is -0.376 e. The number of nitrogens with one attached hydrogen (secondary N) is 2. The summed E-state index contributed by atoms with van der Waals surface area (Å²) in [6.07, 6.45) is 1.83. The first kappa shape index (κ1) is 21.8. The summed E-state index contributed by atoms with van der Waals surface area (Å²) in [5, 5.41) is 2.73. The highest BCUT2D eigenvalue weighted by Gasteiger charge is 2.22. The average molecular weight is 438 g/mol. The van der Waals surface area contributed by atoms with Crippen LogP contribution in [-0.4, -0.2) is 39.3 Å². The molecule has 1 saturated heterocycles. The first-order chi connectivity index (χ1) is 15.4. The topological polar surface area (TPSA) is 115 Å². The van der Waals surface area contributed by atoms with Crippen LogP contribution in [0.15, 0.2) is 44.7 Å². The number of nitrogens with zero attached hydrogens (tertiary/aromatic N) is 2. The van der Waals surface area contributed by atoms with Crippen LogP contribution < -0.4 is 22.0 Å². The molecule has 2 N–H and O–H groups in total. The number of carbonyl (C=O) groups excluding carboxylic acids is 1. The predicted molar refractivity (Wildman–Crippen MR) is 120 cm³/mol. The molecule has 9 heteroatoms. The van der Waals surface area contributed by atoms with Crippen molar-refractivity contribution in [1.29, 1.82) is 0 Å². The summed E-state index contributed by atoms with van der Waals surface area (Å²) in [5.74, 6) is -0.504. The van der Waals surface area contributed by atoms with E-state index in [1.165, 1.54) is 4.57 Å². The van der Waals surface area contributed by atoms with E-state index in [0.717, 1.165) is 18.5 Å². The van der Waals surface area contributed by atoms with E-state index in [9.17, 15) is 19.2 Å². The van der Waals surface area contributed by atoms with E-state index in [-0.39, 0.29) is 30.3 Å². The molecule has 3 heterocycles. The molecule has 4 rings (SSSR count). The normalized spacial score (nSPS) is 15.9. The number of pyridine rings is 1. The second kappa shape index (κ2) is 8.96. The van der Waals surface area contributed by atoms with Crippen LogP contribution >= 0.6 is 0 Å². The number of para-hydroxylation sites is 2. The van der Waals surface area contributed by atoms with Gasteiger partial charge in [0.25, 0.3) is 11.5 Å². The smallest absolute Gasteiger partial charge is 0.316 e. The van der Waals surface area contributed by atoms with Crippen molar-refractivity contribution in [1.82, 2.24) is 19.4 Å². The minimum absolute atomic E-state index is 0.0265. The number of aromatic amines is 1. The largest absolute Gasteiger partial charge is 0.376 e. The van der Waals surface area contributed by atoms with Gasteiger partial charge >= 0.3 is 11.1 Å². The third kappa shape index (κ3) is 4.16. The van der Waals surface area contributed by atoms with Gasteiger partial charge in [-0.2, -0.15) is 0 Å². The second-order valence-corrected chi connectivity index (χ2v) is 8.08. The van der Waals surface area contributed by atoms with E-state index in [4.69, 9.17) is 4.74 Å². The van der Waals surface area contributed by atoms with Gasteiger partial charge in [0, 0.05) is 25.4 Å². The molecule has 1 aliphatic rings. The molecular weight excluding hydrogens is 412 g/mol. The summed E-state index contributed by atoms with van der Waals surface area (Å²) in [6.45, 7) is 4.87. The molecule has 1 atom stereocenters. The number of hydrogen-bond acceptors (Lipinski definition) is 5. The fourth-order valence-electron chi connectivity index (χ4n) is 4.24. The number of aromatic nitrogens is 3. The van der Waals surface area contributed by atoms with Gasteiger partial charge in [-0.25, -0.2) is 0 Å². The summed E-state index contributed by atoms with van der Waals surface area (Å²) in [6, 6.07) is 8.78. The number of aryl methyl sites for hydroxylation is 2. The summed E-state index contributed by atoms with van der Waals surface area (Å²) in [4.78, 5) is 52.8. The Kier molecular flexibility index (Phi) is 6.09. The standard InChI is InChI=1S/C23H26N4O5/c1-14-12-15(2)27(13-16-6-5-11-32-16)22(30)19(14)20(28)24-9-10-26-18-8-4-3-7-17(18)25-21(29)23(26)31/h3-4,7-8,12,16H,5-6,9-11,13H2,1-2H3,(H,24,28)(H,25,29)/t16-/m1/s1. The van der Waals surface area contributed by atoms with Crippen molar-refractivity contribution >= 4 is 16.9 Å². The van der Waals surface area contributed by atoms with Crippen LogP contribution in [0.4, 0.5) is 0 Å². The van der Waals surface area contributed by atoms with Crippen molar-refractivity contribution in [3.63, 3.8) is 0 Å². The van der Waals surface area contributed by atoms with Crippen LogP contribution in [0, 0.1) is 13.8 Å². The fraction of sp³-hybridized carbons (Fsp3) is 0.391. The molecule has 0 radical (unpaired) electrons. The van der Waals surface area contributed by atoms with Gasteiger partial charge in [0.1, 0.15) is 5.56 Å². The van der Waals surface area contributed by atoms with Crippen LogP contribution in [0.1, 0.15) is 34.5 Å². The highest BCUT2D eigenvalue weighted by atomic mass is 16.5. The number of fused-ring (bicyclic) bond motifs is 1. The molecule has 1 aromatic carbocycles. The Hall–Kier alpha value is -3.46. The fourth-order valence-corrected chi connectivity index (χ4v) is 4.24. The molecule has 0 spiro atoms. The highest BCUT2D eigenvalue weighted by Crippen LogP contribution is 2.15. The molecule has 168 valence electrons. The maximum atomic E-state index is 13.1. The third-order valence-corrected chi connectivity index (χ3v) is 5.85. The first-order valence-corrected chi connectivity index (χ1v) is 10.7. The van der Waals surface area contributed by atoms with Gasteiger partial charge in [-0.3, -0.25) is 19.2 Å². The van der Waals surface area contributed by atoms with E-state index in [0.29, 0.717) is 29.7 Å². The summed E-state index contributed by atoms with van der Waals surface area (Å²) in [5.41, 5.74) is 0.788. The van der Waals surface area contributed by atoms with Gasteiger partial charge in [0.15, 0.2) is 0 Å². The number of ether oxygens (including phenoxy) is 1. The zero-order valence-electron chi connectivity index (χ0n) is 18.1. The second-order valence-electron chi connectivity index (χ2n) is 8.08. The molecular formula is C23H26N4O5. The van der Waals surface area contributed by atoms with E-state index in [1.54, 1.807) is 35.8 Å². The summed E-state index contributed by atoms with van der Waals surface area (Å²) < 4.78 is 8.56. The van der Waals surface area contributed by atoms with E-state index >= 15 is 0 Å². The molecule has 0 saturated carbocycles. The van der Waals surface area contributed by atoms with E-state index in [2.05, 4.69) is 10.3 Å². The van der Waals surface area contributed by atoms with Crippen molar-refractivity contribution in [2.45, 2.75) is 45.9 Å². The summed E-state index contributed by atoms with van der Waals surface area (Å²) in [7, 11) is 0. The number of amides is 1. The van der Waals surface area contributed by atoms with Gasteiger partial charge in [-0.15, -0.1) is 0 Å². The van der Waals surface area contributed by atoms with Crippen molar-refractivity contribution in [3.05, 3.63) is 78.2 Å². The Morgan fingerprint density at radius 2 is 1.94 bits per heavy atom. The molecule has 32 heavy (non-hydrogen) atoms. The lowest BCUT2D eigenvalue weighted by Crippen LogP contribution is -2.40. The molecule has 0 unspecified atom stereocenters.